The predicted octanol–water partition coefficient (Wildman–Crippen LogP) is 1.47. The first-order valence-corrected chi connectivity index (χ1v) is 6.64. The van der Waals surface area contributed by atoms with E-state index in [0.717, 1.165) is 26.1 Å². The average molecular weight is 228 g/mol. The van der Waals surface area contributed by atoms with E-state index in [0.29, 0.717) is 18.1 Å². The summed E-state index contributed by atoms with van der Waals surface area (Å²) in [5, 5.41) is 12.6. The fourth-order valence-electron chi connectivity index (χ4n) is 3.05. The normalized spacial score (nSPS) is 25.9. The maximum absolute atomic E-state index is 9.34. The van der Waals surface area contributed by atoms with Crippen LogP contribution in [0.3, 0.4) is 0 Å². The van der Waals surface area contributed by atoms with Gasteiger partial charge in [-0.15, -0.1) is 0 Å². The first-order valence-electron chi connectivity index (χ1n) is 6.64. The molecule has 1 rings (SSSR count). The molecule has 1 heterocycles. The van der Waals surface area contributed by atoms with Crippen LogP contribution in [0.2, 0.25) is 0 Å². The molecule has 0 bridgehead atoms. The molecule has 0 aromatic carbocycles. The van der Waals surface area contributed by atoms with Gasteiger partial charge < -0.3 is 10.4 Å². The molecular weight excluding hydrogens is 200 g/mol. The van der Waals surface area contributed by atoms with Gasteiger partial charge in [-0.05, 0) is 38.3 Å². The molecule has 1 saturated heterocycles. The van der Waals surface area contributed by atoms with Gasteiger partial charge in [0.2, 0.25) is 0 Å². The van der Waals surface area contributed by atoms with Crippen molar-refractivity contribution in [1.29, 1.82) is 0 Å². The molecule has 1 aliphatic rings. The summed E-state index contributed by atoms with van der Waals surface area (Å²) in [7, 11) is 2.03. The van der Waals surface area contributed by atoms with Crippen LogP contribution in [0.5, 0.6) is 0 Å². The van der Waals surface area contributed by atoms with Gasteiger partial charge in [0.05, 0.1) is 6.61 Å². The predicted molar refractivity (Wildman–Crippen MR) is 68.6 cm³/mol. The summed E-state index contributed by atoms with van der Waals surface area (Å²) in [6, 6.07) is 0.410. The maximum Gasteiger partial charge on any atom is 0.0586 e. The topological polar surface area (TPSA) is 35.5 Å². The first-order chi connectivity index (χ1) is 7.65. The van der Waals surface area contributed by atoms with Crippen molar-refractivity contribution in [3.8, 4) is 0 Å². The number of hydrogen-bond donors (Lipinski definition) is 2. The molecule has 2 N–H and O–H groups in total. The highest BCUT2D eigenvalue weighted by molar-refractivity contribution is 4.86. The Balaban J connectivity index is 2.52. The molecule has 0 spiro atoms. The molecule has 0 aromatic rings. The molecule has 96 valence electrons. The standard InChI is InChI=1S/C13H28N2O/c1-4-7-13(2,10-14-3)11-15-8-5-6-12(15)9-16/h12,14,16H,4-11H2,1-3H3. The Morgan fingerprint density at radius 3 is 2.81 bits per heavy atom. The summed E-state index contributed by atoms with van der Waals surface area (Å²) in [6.07, 6.45) is 4.89. The van der Waals surface area contributed by atoms with Crippen molar-refractivity contribution in [1.82, 2.24) is 10.2 Å². The van der Waals surface area contributed by atoms with Crippen LogP contribution in [0.25, 0.3) is 0 Å². The van der Waals surface area contributed by atoms with Gasteiger partial charge in [0.15, 0.2) is 0 Å². The monoisotopic (exact) mass is 228 g/mol. The summed E-state index contributed by atoms with van der Waals surface area (Å²) < 4.78 is 0. The summed E-state index contributed by atoms with van der Waals surface area (Å²) in [5.74, 6) is 0. The van der Waals surface area contributed by atoms with Gasteiger partial charge in [0.1, 0.15) is 0 Å². The van der Waals surface area contributed by atoms with Crippen molar-refractivity contribution in [2.24, 2.45) is 5.41 Å². The number of aliphatic hydroxyl groups excluding tert-OH is 1. The molecule has 0 aromatic heterocycles. The van der Waals surface area contributed by atoms with E-state index in [1.54, 1.807) is 0 Å². The fourth-order valence-corrected chi connectivity index (χ4v) is 3.05. The van der Waals surface area contributed by atoms with E-state index >= 15 is 0 Å². The summed E-state index contributed by atoms with van der Waals surface area (Å²) in [5.41, 5.74) is 0.348. The number of aliphatic hydroxyl groups is 1. The van der Waals surface area contributed by atoms with E-state index in [1.807, 2.05) is 7.05 Å². The smallest absolute Gasteiger partial charge is 0.0586 e. The molecule has 16 heavy (non-hydrogen) atoms. The van der Waals surface area contributed by atoms with E-state index in [9.17, 15) is 5.11 Å². The minimum Gasteiger partial charge on any atom is -0.395 e. The molecular formula is C13H28N2O. The second-order valence-corrected chi connectivity index (χ2v) is 5.54. The van der Waals surface area contributed by atoms with Crippen molar-refractivity contribution in [2.45, 2.75) is 45.6 Å². The molecule has 0 aliphatic carbocycles. The molecule has 2 atom stereocenters. The van der Waals surface area contributed by atoms with Crippen molar-refractivity contribution in [3.05, 3.63) is 0 Å². The Morgan fingerprint density at radius 2 is 2.25 bits per heavy atom. The number of likely N-dealkylation sites (tertiary alicyclic amines) is 1. The maximum atomic E-state index is 9.34. The molecule has 1 fully saturated rings. The second kappa shape index (κ2) is 6.58. The van der Waals surface area contributed by atoms with E-state index in [-0.39, 0.29) is 0 Å². The van der Waals surface area contributed by atoms with E-state index in [1.165, 1.54) is 19.3 Å². The third-order valence-corrected chi connectivity index (χ3v) is 3.75. The van der Waals surface area contributed by atoms with Gasteiger partial charge >= 0.3 is 0 Å². The van der Waals surface area contributed by atoms with E-state index in [4.69, 9.17) is 0 Å². The van der Waals surface area contributed by atoms with E-state index in [2.05, 4.69) is 24.1 Å². The molecule has 0 amide bonds. The van der Waals surface area contributed by atoms with E-state index < -0.39 is 0 Å². The highest BCUT2D eigenvalue weighted by Crippen LogP contribution is 2.28. The minimum atomic E-state index is 0.321. The van der Waals surface area contributed by atoms with Crippen LogP contribution < -0.4 is 5.32 Å². The Hall–Kier alpha value is -0.120. The number of hydrogen-bond acceptors (Lipinski definition) is 3. The lowest BCUT2D eigenvalue weighted by molar-refractivity contribution is 0.104. The van der Waals surface area contributed by atoms with Crippen molar-refractivity contribution in [3.63, 3.8) is 0 Å². The van der Waals surface area contributed by atoms with Crippen LogP contribution in [-0.2, 0) is 0 Å². The van der Waals surface area contributed by atoms with Crippen molar-refractivity contribution in [2.75, 3.05) is 33.3 Å². The van der Waals surface area contributed by atoms with Crippen LogP contribution in [0.4, 0.5) is 0 Å². The third-order valence-electron chi connectivity index (χ3n) is 3.75. The van der Waals surface area contributed by atoms with Crippen molar-refractivity contribution < 1.29 is 5.11 Å². The van der Waals surface area contributed by atoms with Gasteiger partial charge in [-0.3, -0.25) is 4.90 Å². The minimum absolute atomic E-state index is 0.321. The second-order valence-electron chi connectivity index (χ2n) is 5.54. The Labute approximate surface area is 100 Å². The zero-order valence-electron chi connectivity index (χ0n) is 11.1. The van der Waals surface area contributed by atoms with Crippen molar-refractivity contribution >= 4 is 0 Å². The summed E-state index contributed by atoms with van der Waals surface area (Å²) in [4.78, 5) is 2.48. The van der Waals surface area contributed by atoms with Crippen LogP contribution in [0, 0.1) is 5.41 Å². The largest absolute Gasteiger partial charge is 0.395 e. The first kappa shape index (κ1) is 13.9. The fraction of sp³-hybridized carbons (Fsp3) is 1.00. The molecule has 3 nitrogen and oxygen atoms in total. The zero-order valence-corrected chi connectivity index (χ0v) is 11.1. The lowest BCUT2D eigenvalue weighted by Crippen LogP contribution is -2.44. The van der Waals surface area contributed by atoms with Crippen LogP contribution in [0.1, 0.15) is 39.5 Å². The lowest BCUT2D eigenvalue weighted by Gasteiger charge is -2.36. The Kier molecular flexibility index (Phi) is 5.73. The highest BCUT2D eigenvalue weighted by Gasteiger charge is 2.31. The molecule has 3 heteroatoms. The van der Waals surface area contributed by atoms with Gasteiger partial charge in [-0.2, -0.15) is 0 Å². The average Bonchev–Trinajstić information content (AvgIpc) is 2.65. The summed E-state index contributed by atoms with van der Waals surface area (Å²) in [6.45, 7) is 8.28. The Morgan fingerprint density at radius 1 is 1.50 bits per heavy atom. The third kappa shape index (κ3) is 3.72. The van der Waals surface area contributed by atoms with Gasteiger partial charge in [0.25, 0.3) is 0 Å². The van der Waals surface area contributed by atoms with Crippen LogP contribution in [0.15, 0.2) is 0 Å². The van der Waals surface area contributed by atoms with Gasteiger partial charge in [0, 0.05) is 19.1 Å². The molecule has 0 saturated carbocycles. The van der Waals surface area contributed by atoms with Gasteiger partial charge in [-0.25, -0.2) is 0 Å². The summed E-state index contributed by atoms with van der Waals surface area (Å²) >= 11 is 0. The van der Waals surface area contributed by atoms with Crippen LogP contribution in [-0.4, -0.2) is 49.3 Å². The molecule has 0 radical (unpaired) electrons. The lowest BCUT2D eigenvalue weighted by atomic mass is 9.84. The zero-order chi connectivity index (χ0) is 12.0. The number of nitrogens with one attached hydrogen (secondary N) is 1. The SMILES string of the molecule is CCCC(C)(CNC)CN1CCCC1CO. The molecule has 2 unspecified atom stereocenters. The molecule has 1 aliphatic heterocycles. The quantitative estimate of drug-likeness (QED) is 0.692. The Bertz CT molecular complexity index is 190. The number of rotatable bonds is 7. The van der Waals surface area contributed by atoms with Crippen LogP contribution >= 0.6 is 0 Å². The number of nitrogens with zero attached hydrogens (tertiary/aromatic N) is 1. The van der Waals surface area contributed by atoms with Gasteiger partial charge in [-0.1, -0.05) is 20.3 Å². The highest BCUT2D eigenvalue weighted by atomic mass is 16.3.